The van der Waals surface area contributed by atoms with Gasteiger partial charge in [0.05, 0.1) is 0 Å². The van der Waals surface area contributed by atoms with Crippen LogP contribution in [0.25, 0.3) is 0 Å². The molecule has 4 N–H and O–H groups in total. The third-order valence-corrected chi connectivity index (χ3v) is 2.65. The zero-order valence-electron chi connectivity index (χ0n) is 7.94. The minimum atomic E-state index is -0.413. The normalized spacial score (nSPS) is 25.0. The molecule has 0 spiro atoms. The molecule has 2 rings (SSSR count). The number of quaternary nitrogens is 1. The van der Waals surface area contributed by atoms with Crippen LogP contribution in [0.3, 0.4) is 0 Å². The molecule has 78 valence electrons. The van der Waals surface area contributed by atoms with Gasteiger partial charge in [0.2, 0.25) is 0 Å². The first kappa shape index (κ1) is 11.3. The molecule has 0 saturated carbocycles. The first-order valence-corrected chi connectivity index (χ1v) is 4.51. The average molecular weight is 216 g/mol. The van der Waals surface area contributed by atoms with Gasteiger partial charge in [-0.05, 0) is 24.6 Å². The number of halogens is 1. The summed E-state index contributed by atoms with van der Waals surface area (Å²) in [6, 6.07) is 5.36. The number of aliphatic hydroxyl groups is 1. The third-order valence-electron chi connectivity index (χ3n) is 2.65. The number of hydrogen-bond donors (Lipinski definition) is 3. The minimum Gasteiger partial charge on any atom is -1.00 e. The van der Waals surface area contributed by atoms with Crippen LogP contribution >= 0.6 is 0 Å². The van der Waals surface area contributed by atoms with Crippen LogP contribution in [0.2, 0.25) is 0 Å². The Balaban J connectivity index is 0.000000980. The molecule has 3 nitrogen and oxygen atoms in total. The number of benzene rings is 1. The molecular formula is C10H14ClNO2. The fourth-order valence-electron chi connectivity index (χ4n) is 1.78. The number of phenols is 1. The summed E-state index contributed by atoms with van der Waals surface area (Å²) in [5.74, 6) is 0.272. The largest absolute Gasteiger partial charge is 1.00 e. The van der Waals surface area contributed by atoms with Gasteiger partial charge in [-0.2, -0.15) is 0 Å². The van der Waals surface area contributed by atoms with Crippen molar-refractivity contribution in [2.75, 3.05) is 0 Å². The van der Waals surface area contributed by atoms with Crippen molar-refractivity contribution in [1.82, 2.24) is 0 Å². The Hall–Kier alpha value is -0.770. The van der Waals surface area contributed by atoms with E-state index in [1.165, 1.54) is 0 Å². The Morgan fingerprint density at radius 2 is 2.14 bits per heavy atom. The highest BCUT2D eigenvalue weighted by Gasteiger charge is 2.27. The van der Waals surface area contributed by atoms with Gasteiger partial charge in [-0.1, -0.05) is 6.07 Å². The lowest BCUT2D eigenvalue weighted by Crippen LogP contribution is -3.00. The van der Waals surface area contributed by atoms with Gasteiger partial charge in [0.25, 0.3) is 0 Å². The minimum absolute atomic E-state index is 0. The number of phenolic OH excluding ortho intramolecular Hbond substituents is 1. The molecule has 14 heavy (non-hydrogen) atoms. The molecule has 0 fully saturated rings. The van der Waals surface area contributed by atoms with Gasteiger partial charge < -0.3 is 27.9 Å². The molecule has 0 amide bonds. The highest BCUT2D eigenvalue weighted by atomic mass is 35.5. The van der Waals surface area contributed by atoms with Gasteiger partial charge in [-0.3, -0.25) is 0 Å². The molecule has 1 heterocycles. The fraction of sp³-hybridized carbons (Fsp3) is 0.400. The summed E-state index contributed by atoms with van der Waals surface area (Å²) in [6.07, 6.45) is -0.413. The molecule has 0 bridgehead atoms. The molecule has 1 aliphatic heterocycles. The molecule has 0 aliphatic carbocycles. The summed E-state index contributed by atoms with van der Waals surface area (Å²) in [5, 5.41) is 21.1. The Kier molecular flexibility index (Phi) is 3.37. The van der Waals surface area contributed by atoms with Crippen molar-refractivity contribution in [1.29, 1.82) is 0 Å². The van der Waals surface area contributed by atoms with Gasteiger partial charge in [0.15, 0.2) is 0 Å². The van der Waals surface area contributed by atoms with E-state index in [1.54, 1.807) is 18.2 Å². The average Bonchev–Trinajstić information content (AvgIpc) is 2.12. The Morgan fingerprint density at radius 3 is 2.86 bits per heavy atom. The smallest absolute Gasteiger partial charge is 0.131 e. The van der Waals surface area contributed by atoms with Gasteiger partial charge in [-0.15, -0.1) is 0 Å². The van der Waals surface area contributed by atoms with E-state index in [-0.39, 0.29) is 24.2 Å². The maximum absolute atomic E-state index is 9.81. The Labute approximate surface area is 89.2 Å². The van der Waals surface area contributed by atoms with E-state index < -0.39 is 6.10 Å². The predicted octanol–water partition coefficient (Wildman–Crippen LogP) is -3.10. The van der Waals surface area contributed by atoms with Crippen molar-refractivity contribution < 1.29 is 27.9 Å². The standard InChI is InChI=1S/C10H13NO2.ClH/c1-6-10(13)9-3-2-8(12)4-7(9)5-11-6;/h2-4,6,10-13H,5H2,1H3;1H. The van der Waals surface area contributed by atoms with E-state index >= 15 is 0 Å². The van der Waals surface area contributed by atoms with Gasteiger partial charge in [0, 0.05) is 5.56 Å². The highest BCUT2D eigenvalue weighted by molar-refractivity contribution is 5.36. The molecule has 1 aliphatic rings. The molecule has 1 aromatic carbocycles. The zero-order valence-corrected chi connectivity index (χ0v) is 8.70. The van der Waals surface area contributed by atoms with E-state index in [2.05, 4.69) is 5.32 Å². The summed E-state index contributed by atoms with van der Waals surface area (Å²) >= 11 is 0. The molecule has 0 aromatic heterocycles. The molecule has 1 aromatic rings. The first-order chi connectivity index (χ1) is 6.18. The van der Waals surface area contributed by atoms with Crippen molar-refractivity contribution in [3.63, 3.8) is 0 Å². The van der Waals surface area contributed by atoms with Gasteiger partial charge in [-0.25, -0.2) is 0 Å². The molecule has 0 radical (unpaired) electrons. The Bertz CT molecular complexity index is 330. The Morgan fingerprint density at radius 1 is 1.43 bits per heavy atom. The summed E-state index contributed by atoms with van der Waals surface area (Å²) in [4.78, 5) is 0. The quantitative estimate of drug-likeness (QED) is 0.430. The van der Waals surface area contributed by atoms with Gasteiger partial charge >= 0.3 is 0 Å². The zero-order chi connectivity index (χ0) is 9.42. The number of hydrogen-bond acceptors (Lipinski definition) is 2. The lowest BCUT2D eigenvalue weighted by Gasteiger charge is -2.25. The monoisotopic (exact) mass is 215 g/mol. The van der Waals surface area contributed by atoms with E-state index in [0.29, 0.717) is 0 Å². The lowest BCUT2D eigenvalue weighted by atomic mass is 9.94. The van der Waals surface area contributed by atoms with Gasteiger partial charge in [0.1, 0.15) is 24.4 Å². The predicted molar refractivity (Wildman–Crippen MR) is 48.2 cm³/mol. The number of rotatable bonds is 0. The maximum Gasteiger partial charge on any atom is 0.131 e. The second kappa shape index (κ2) is 4.17. The molecule has 0 saturated heterocycles. The van der Waals surface area contributed by atoms with Crippen molar-refractivity contribution in [2.24, 2.45) is 0 Å². The number of aliphatic hydroxyl groups excluding tert-OH is 1. The van der Waals surface area contributed by atoms with Crippen molar-refractivity contribution in [3.05, 3.63) is 29.3 Å². The lowest BCUT2D eigenvalue weighted by molar-refractivity contribution is -0.713. The number of aromatic hydroxyl groups is 1. The third kappa shape index (κ3) is 1.85. The van der Waals surface area contributed by atoms with Crippen molar-refractivity contribution in [3.8, 4) is 5.75 Å². The SMILES string of the molecule is CC1[NH2+]Cc2cc(O)ccc2C1O.[Cl-]. The molecule has 2 atom stereocenters. The number of fused-ring (bicyclic) bond motifs is 1. The first-order valence-electron chi connectivity index (χ1n) is 4.51. The van der Waals surface area contributed by atoms with Crippen LogP contribution in [0.5, 0.6) is 5.75 Å². The molecule has 2 unspecified atom stereocenters. The summed E-state index contributed by atoms with van der Waals surface area (Å²) in [7, 11) is 0. The van der Waals surface area contributed by atoms with Crippen LogP contribution in [0.1, 0.15) is 24.2 Å². The fourth-order valence-corrected chi connectivity index (χ4v) is 1.78. The van der Waals surface area contributed by atoms with E-state index in [4.69, 9.17) is 0 Å². The second-order valence-corrected chi connectivity index (χ2v) is 3.63. The molecular weight excluding hydrogens is 202 g/mol. The van der Waals surface area contributed by atoms with Crippen molar-refractivity contribution in [2.45, 2.75) is 25.6 Å². The van der Waals surface area contributed by atoms with Crippen LogP contribution in [-0.4, -0.2) is 16.3 Å². The second-order valence-electron chi connectivity index (χ2n) is 3.63. The molecule has 4 heteroatoms. The summed E-state index contributed by atoms with van der Waals surface area (Å²) in [6.45, 7) is 2.84. The van der Waals surface area contributed by atoms with Crippen LogP contribution < -0.4 is 17.7 Å². The van der Waals surface area contributed by atoms with Crippen LogP contribution in [-0.2, 0) is 6.54 Å². The maximum atomic E-state index is 9.81. The van der Waals surface area contributed by atoms with Crippen LogP contribution in [0.4, 0.5) is 0 Å². The van der Waals surface area contributed by atoms with E-state index in [0.717, 1.165) is 17.7 Å². The van der Waals surface area contributed by atoms with Crippen LogP contribution in [0.15, 0.2) is 18.2 Å². The van der Waals surface area contributed by atoms with E-state index in [1.807, 2.05) is 6.92 Å². The van der Waals surface area contributed by atoms with E-state index in [9.17, 15) is 10.2 Å². The number of nitrogens with two attached hydrogens (primary N) is 1. The summed E-state index contributed by atoms with van der Waals surface area (Å²) < 4.78 is 0. The van der Waals surface area contributed by atoms with Crippen LogP contribution in [0, 0.1) is 0 Å². The highest BCUT2D eigenvalue weighted by Crippen LogP contribution is 2.25. The summed E-state index contributed by atoms with van der Waals surface area (Å²) in [5.41, 5.74) is 1.98. The topological polar surface area (TPSA) is 57.1 Å². The van der Waals surface area contributed by atoms with Crippen molar-refractivity contribution >= 4 is 0 Å².